The normalized spacial score (nSPS) is 17.4. The Balaban J connectivity index is 1.21. The van der Waals surface area contributed by atoms with Gasteiger partial charge in [-0.3, -0.25) is 0 Å². The Morgan fingerprint density at radius 1 is 0.500 bits per heavy atom. The Bertz CT molecular complexity index is 2740. The molecule has 2 nitrogen and oxygen atoms in total. The molecule has 4 aliphatic rings. The van der Waals surface area contributed by atoms with Gasteiger partial charge in [-0.1, -0.05) is 121 Å². The molecule has 0 bridgehead atoms. The molecular weight excluding hydrogens is 629 g/mol. The second-order valence-corrected chi connectivity index (χ2v) is 14.7. The van der Waals surface area contributed by atoms with Crippen molar-refractivity contribution in [3.63, 3.8) is 0 Å². The third-order valence-electron chi connectivity index (χ3n) is 11.9. The Morgan fingerprint density at radius 2 is 1.13 bits per heavy atom. The first kappa shape index (κ1) is 29.6. The van der Waals surface area contributed by atoms with Crippen LogP contribution in [0.4, 0.5) is 22.7 Å². The van der Waals surface area contributed by atoms with Crippen LogP contribution in [0.15, 0.2) is 169 Å². The summed E-state index contributed by atoms with van der Waals surface area (Å²) < 4.78 is 0. The van der Waals surface area contributed by atoms with Gasteiger partial charge in [0.15, 0.2) is 0 Å². The molecule has 0 saturated carbocycles. The number of anilines is 4. The molecule has 52 heavy (non-hydrogen) atoms. The van der Waals surface area contributed by atoms with Crippen LogP contribution in [0, 0.1) is 5.92 Å². The van der Waals surface area contributed by atoms with Crippen molar-refractivity contribution in [1.29, 1.82) is 0 Å². The van der Waals surface area contributed by atoms with Crippen molar-refractivity contribution < 1.29 is 0 Å². The van der Waals surface area contributed by atoms with Crippen molar-refractivity contribution in [2.75, 3.05) is 22.9 Å². The smallest absolute Gasteiger partial charge is 0.0444 e. The molecule has 0 saturated heterocycles. The Morgan fingerprint density at radius 3 is 1.87 bits per heavy atom. The van der Waals surface area contributed by atoms with E-state index in [9.17, 15) is 0 Å². The first-order chi connectivity index (χ1) is 25.8. The van der Waals surface area contributed by atoms with Crippen molar-refractivity contribution >= 4 is 60.6 Å². The minimum absolute atomic E-state index is 0.393. The van der Waals surface area contributed by atoms with Crippen LogP contribution in [-0.4, -0.2) is 13.1 Å². The summed E-state index contributed by atoms with van der Waals surface area (Å²) in [5.74, 6) is 0.393. The lowest BCUT2D eigenvalue weighted by Gasteiger charge is -2.27. The standard InChI is InChI=1S/C50H38N2/c1-3-13-37-29-39(19-17-33(37)9-1)49-43-23-21-42(52-28-26-36-12-6-8-16-48(36)52)32-46(43)50(40-20-18-34-10-2-4-14-38(34)30-40)44-24-22-41(31-45(44)49)51-27-25-35-11-5-7-15-47(35)51/h1-24,29,31-32,38H,25-28,30H2. The van der Waals surface area contributed by atoms with E-state index in [1.165, 1.54) is 94.0 Å². The number of nitrogens with zero attached hydrogens (tertiary/aromatic N) is 2. The third-order valence-corrected chi connectivity index (χ3v) is 11.9. The lowest BCUT2D eigenvalue weighted by atomic mass is 9.78. The van der Waals surface area contributed by atoms with Crippen LogP contribution >= 0.6 is 0 Å². The van der Waals surface area contributed by atoms with E-state index in [0.717, 1.165) is 32.4 Å². The predicted molar refractivity (Wildman–Crippen MR) is 221 cm³/mol. The van der Waals surface area contributed by atoms with Gasteiger partial charge in [-0.05, 0) is 133 Å². The number of rotatable bonds is 4. The predicted octanol–water partition coefficient (Wildman–Crippen LogP) is 12.7. The fourth-order valence-corrected chi connectivity index (χ4v) is 9.41. The number of allylic oxidation sites excluding steroid dienone is 8. The fourth-order valence-electron chi connectivity index (χ4n) is 9.41. The number of hydrogen-bond acceptors (Lipinski definition) is 2. The highest BCUT2D eigenvalue weighted by molar-refractivity contribution is 6.20. The second-order valence-electron chi connectivity index (χ2n) is 14.7. The molecule has 0 radical (unpaired) electrons. The molecule has 0 aromatic heterocycles. The highest BCUT2D eigenvalue weighted by atomic mass is 15.2. The van der Waals surface area contributed by atoms with Gasteiger partial charge in [-0.15, -0.1) is 0 Å². The molecule has 2 aliphatic carbocycles. The van der Waals surface area contributed by atoms with Crippen molar-refractivity contribution in [1.82, 2.24) is 0 Å². The maximum Gasteiger partial charge on any atom is 0.0444 e. The van der Waals surface area contributed by atoms with Crippen molar-refractivity contribution in [3.05, 3.63) is 186 Å². The zero-order chi connectivity index (χ0) is 34.2. The highest BCUT2D eigenvalue weighted by Crippen LogP contribution is 2.49. The average molecular weight is 667 g/mol. The third kappa shape index (κ3) is 4.64. The largest absolute Gasteiger partial charge is 0.341 e. The van der Waals surface area contributed by atoms with Gasteiger partial charge in [0.05, 0.1) is 0 Å². The molecule has 2 heteroatoms. The van der Waals surface area contributed by atoms with Crippen molar-refractivity contribution in [2.24, 2.45) is 5.92 Å². The minimum atomic E-state index is 0.393. The molecule has 1 unspecified atom stereocenters. The van der Waals surface area contributed by atoms with Crippen LogP contribution in [0.25, 0.3) is 49.0 Å². The summed E-state index contributed by atoms with van der Waals surface area (Å²) in [5.41, 5.74) is 14.8. The molecule has 7 aromatic carbocycles. The molecule has 248 valence electrons. The van der Waals surface area contributed by atoms with Crippen LogP contribution in [0.1, 0.15) is 23.1 Å². The van der Waals surface area contributed by atoms with E-state index in [4.69, 9.17) is 0 Å². The van der Waals surface area contributed by atoms with Crippen molar-refractivity contribution in [2.45, 2.75) is 19.3 Å². The average Bonchev–Trinajstić information content (AvgIpc) is 3.84. The van der Waals surface area contributed by atoms with Crippen LogP contribution in [0.3, 0.4) is 0 Å². The summed E-state index contributed by atoms with van der Waals surface area (Å²) in [4.78, 5) is 5.04. The molecule has 1 atom stereocenters. The summed E-state index contributed by atoms with van der Waals surface area (Å²) >= 11 is 0. The molecule has 2 heterocycles. The van der Waals surface area contributed by atoms with E-state index >= 15 is 0 Å². The number of para-hydroxylation sites is 2. The minimum Gasteiger partial charge on any atom is -0.341 e. The monoisotopic (exact) mass is 666 g/mol. The van der Waals surface area contributed by atoms with Crippen LogP contribution < -0.4 is 9.80 Å². The summed E-state index contributed by atoms with van der Waals surface area (Å²) in [6, 6.07) is 48.2. The fraction of sp³-hybridized carbons (Fsp3) is 0.120. The summed E-state index contributed by atoms with van der Waals surface area (Å²) in [6.07, 6.45) is 16.9. The molecule has 0 spiro atoms. The maximum absolute atomic E-state index is 2.52. The van der Waals surface area contributed by atoms with E-state index in [2.05, 4.69) is 174 Å². The second kappa shape index (κ2) is 11.7. The molecular formula is C50H38N2. The zero-order valence-corrected chi connectivity index (χ0v) is 29.1. The van der Waals surface area contributed by atoms with E-state index in [0.29, 0.717) is 5.92 Å². The molecule has 0 amide bonds. The van der Waals surface area contributed by atoms with Crippen LogP contribution in [0.2, 0.25) is 0 Å². The topological polar surface area (TPSA) is 6.48 Å². The Kier molecular flexibility index (Phi) is 6.67. The van der Waals surface area contributed by atoms with Gasteiger partial charge in [-0.2, -0.15) is 0 Å². The van der Waals surface area contributed by atoms with E-state index in [1.54, 1.807) is 0 Å². The highest BCUT2D eigenvalue weighted by Gasteiger charge is 2.27. The summed E-state index contributed by atoms with van der Waals surface area (Å²) in [7, 11) is 0. The van der Waals surface area contributed by atoms with Gasteiger partial charge in [0.1, 0.15) is 0 Å². The maximum atomic E-state index is 2.52. The molecule has 7 aromatic rings. The number of fused-ring (bicyclic) bond motifs is 6. The van der Waals surface area contributed by atoms with E-state index in [-0.39, 0.29) is 0 Å². The number of benzene rings is 7. The van der Waals surface area contributed by atoms with E-state index in [1.807, 2.05) is 0 Å². The van der Waals surface area contributed by atoms with Crippen molar-refractivity contribution in [3.8, 4) is 11.1 Å². The molecule has 11 rings (SSSR count). The van der Waals surface area contributed by atoms with E-state index < -0.39 is 0 Å². The van der Waals surface area contributed by atoms with Gasteiger partial charge in [-0.25, -0.2) is 0 Å². The van der Waals surface area contributed by atoms with Gasteiger partial charge in [0, 0.05) is 41.8 Å². The van der Waals surface area contributed by atoms with Crippen LogP contribution in [-0.2, 0) is 12.8 Å². The molecule has 0 N–H and O–H groups in total. The van der Waals surface area contributed by atoms with Gasteiger partial charge in [0.2, 0.25) is 0 Å². The van der Waals surface area contributed by atoms with Crippen LogP contribution in [0.5, 0.6) is 0 Å². The lowest BCUT2D eigenvalue weighted by Crippen LogP contribution is -2.14. The lowest BCUT2D eigenvalue weighted by molar-refractivity contribution is 0.794. The van der Waals surface area contributed by atoms with Gasteiger partial charge in [0.25, 0.3) is 0 Å². The molecule has 0 fully saturated rings. The first-order valence-electron chi connectivity index (χ1n) is 18.8. The quantitative estimate of drug-likeness (QED) is 0.173. The SMILES string of the molecule is C1=CC2=CC=C(c3c4cc(N5CCc6ccccc65)ccc4c(-c4ccc5ccccc5c4)c4cc(N5CCc6ccccc65)ccc34)CC2C=C1. The van der Waals surface area contributed by atoms with Gasteiger partial charge < -0.3 is 9.80 Å². The zero-order valence-electron chi connectivity index (χ0n) is 29.1. The first-order valence-corrected chi connectivity index (χ1v) is 18.8. The Labute approximate surface area is 304 Å². The Hall–Kier alpha value is -6.12. The summed E-state index contributed by atoms with van der Waals surface area (Å²) in [5, 5.41) is 7.81. The number of hydrogen-bond donors (Lipinski definition) is 0. The van der Waals surface area contributed by atoms with Gasteiger partial charge >= 0.3 is 0 Å². The summed E-state index contributed by atoms with van der Waals surface area (Å²) in [6.45, 7) is 2.00. The molecule has 2 aliphatic heterocycles.